The molecule has 0 aromatic heterocycles. The maximum Gasteiger partial charge on any atom is 0.303 e. The average molecular weight is 382 g/mol. The van der Waals surface area contributed by atoms with Crippen LogP contribution in [-0.2, 0) is 38.1 Å². The number of esters is 3. The van der Waals surface area contributed by atoms with Gasteiger partial charge in [-0.3, -0.25) is 19.2 Å². The molecule has 0 bridgehead atoms. The second-order valence-electron chi connectivity index (χ2n) is 6.07. The number of hydrogen-bond donors (Lipinski definition) is 1. The molecule has 1 fully saturated rings. The van der Waals surface area contributed by atoms with Gasteiger partial charge in [0.25, 0.3) is 0 Å². The molecule has 0 aromatic carbocycles. The Kier molecular flexibility index (Phi) is 6.56. The fraction of sp³-hybridized carbons (Fsp3) is 0.529. The lowest BCUT2D eigenvalue weighted by atomic mass is 10.1. The average Bonchev–Trinajstić information content (AvgIpc) is 2.89. The molecule has 1 amide bonds. The topological polar surface area (TPSA) is 134 Å². The third-order valence-corrected chi connectivity index (χ3v) is 3.87. The lowest BCUT2D eigenvalue weighted by Crippen LogP contribution is -2.45. The van der Waals surface area contributed by atoms with Gasteiger partial charge in [-0.25, -0.2) is 0 Å². The van der Waals surface area contributed by atoms with E-state index in [9.17, 15) is 19.2 Å². The van der Waals surface area contributed by atoms with Gasteiger partial charge in [0.1, 0.15) is 12.7 Å². The summed E-state index contributed by atoms with van der Waals surface area (Å²) in [6, 6.07) is 0. The van der Waals surface area contributed by atoms with Crippen molar-refractivity contribution in [3.05, 3.63) is 24.0 Å². The summed E-state index contributed by atoms with van der Waals surface area (Å²) >= 11 is 0. The van der Waals surface area contributed by atoms with Crippen molar-refractivity contribution in [1.29, 1.82) is 0 Å². The van der Waals surface area contributed by atoms with Gasteiger partial charge < -0.3 is 29.6 Å². The fourth-order valence-electron chi connectivity index (χ4n) is 2.83. The van der Waals surface area contributed by atoms with Crippen LogP contribution in [0, 0.1) is 0 Å². The Balaban J connectivity index is 2.32. The number of amides is 1. The lowest BCUT2D eigenvalue weighted by Gasteiger charge is -2.30. The minimum atomic E-state index is -1.01. The van der Waals surface area contributed by atoms with Crippen LogP contribution in [0.3, 0.4) is 0 Å². The Labute approximate surface area is 155 Å². The molecule has 0 radical (unpaired) electrons. The molecule has 148 valence electrons. The Hall–Kier alpha value is -2.88. The summed E-state index contributed by atoms with van der Waals surface area (Å²) in [6.45, 7) is 3.43. The van der Waals surface area contributed by atoms with Crippen molar-refractivity contribution in [1.82, 2.24) is 4.90 Å². The van der Waals surface area contributed by atoms with Crippen molar-refractivity contribution in [3.63, 3.8) is 0 Å². The number of nitrogens with zero attached hydrogens (tertiary/aromatic N) is 1. The van der Waals surface area contributed by atoms with Gasteiger partial charge in [-0.1, -0.05) is 6.08 Å². The zero-order valence-electron chi connectivity index (χ0n) is 15.2. The number of ether oxygens (including phenoxy) is 4. The third-order valence-electron chi connectivity index (χ3n) is 3.87. The molecule has 10 heteroatoms. The predicted molar refractivity (Wildman–Crippen MR) is 89.3 cm³/mol. The molecule has 0 saturated carbocycles. The Morgan fingerprint density at radius 3 is 2.30 bits per heavy atom. The summed E-state index contributed by atoms with van der Waals surface area (Å²) in [7, 11) is 0. The molecule has 2 aliphatic heterocycles. The summed E-state index contributed by atoms with van der Waals surface area (Å²) in [5.41, 5.74) is 5.65. The number of primary amides is 1. The first-order valence-electron chi connectivity index (χ1n) is 8.27. The zero-order valence-corrected chi connectivity index (χ0v) is 15.2. The monoisotopic (exact) mass is 382 g/mol. The van der Waals surface area contributed by atoms with Gasteiger partial charge in [-0.2, -0.15) is 0 Å². The van der Waals surface area contributed by atoms with Crippen LogP contribution >= 0.6 is 0 Å². The highest BCUT2D eigenvalue weighted by atomic mass is 16.7. The van der Waals surface area contributed by atoms with Gasteiger partial charge >= 0.3 is 17.9 Å². The zero-order chi connectivity index (χ0) is 20.1. The van der Waals surface area contributed by atoms with E-state index in [2.05, 4.69) is 0 Å². The van der Waals surface area contributed by atoms with Crippen molar-refractivity contribution >= 4 is 23.8 Å². The molecule has 1 saturated heterocycles. The highest BCUT2D eigenvalue weighted by molar-refractivity contribution is 5.92. The molecule has 2 N–H and O–H groups in total. The molecular weight excluding hydrogens is 360 g/mol. The molecule has 10 nitrogen and oxygen atoms in total. The summed E-state index contributed by atoms with van der Waals surface area (Å²) in [6.07, 6.45) is 1.35. The number of allylic oxidation sites excluding steroid dienone is 1. The number of hydrogen-bond acceptors (Lipinski definition) is 9. The van der Waals surface area contributed by atoms with E-state index in [0.29, 0.717) is 12.0 Å². The molecule has 2 rings (SSSR count). The summed E-state index contributed by atoms with van der Waals surface area (Å²) in [5, 5.41) is 0. The van der Waals surface area contributed by atoms with Gasteiger partial charge in [-0.05, 0) is 6.42 Å². The molecular formula is C17H22N2O8. The normalized spacial score (nSPS) is 26.9. The SMILES string of the molecule is CC(=O)OC[C@H]1O[C@@H](N2C=CCC(C(N)=O)=C2)[C@H](OC(C)=O)[C@@H]1OC(C)=O. The highest BCUT2D eigenvalue weighted by Crippen LogP contribution is 2.31. The van der Waals surface area contributed by atoms with E-state index in [1.807, 2.05) is 0 Å². The van der Waals surface area contributed by atoms with Crippen molar-refractivity contribution in [3.8, 4) is 0 Å². The Morgan fingerprint density at radius 2 is 1.74 bits per heavy atom. The van der Waals surface area contributed by atoms with E-state index in [-0.39, 0.29) is 6.61 Å². The van der Waals surface area contributed by atoms with Crippen LogP contribution in [-0.4, -0.2) is 59.9 Å². The van der Waals surface area contributed by atoms with E-state index in [1.54, 1.807) is 12.3 Å². The van der Waals surface area contributed by atoms with Crippen molar-refractivity contribution in [2.45, 2.75) is 51.7 Å². The largest absolute Gasteiger partial charge is 0.463 e. The van der Waals surface area contributed by atoms with Crippen LogP contribution in [0.5, 0.6) is 0 Å². The smallest absolute Gasteiger partial charge is 0.303 e. The van der Waals surface area contributed by atoms with E-state index >= 15 is 0 Å². The number of rotatable bonds is 6. The first kappa shape index (κ1) is 20.4. The second-order valence-corrected chi connectivity index (χ2v) is 6.07. The standard InChI is InChI=1S/C17H22N2O8/c1-9(20)24-8-13-14(25-10(2)21)15(26-11(3)22)17(27-13)19-6-4-5-12(7-19)16(18)23/h4,6-7,13-15,17H,5,8H2,1-3H3,(H2,18,23)/t13-,14-,15-,17-/m1/s1. The predicted octanol–water partition coefficient (Wildman–Crippen LogP) is -0.274. The highest BCUT2D eigenvalue weighted by Gasteiger charge is 2.51. The van der Waals surface area contributed by atoms with Crippen LogP contribution in [0.2, 0.25) is 0 Å². The van der Waals surface area contributed by atoms with E-state index in [4.69, 9.17) is 24.7 Å². The first-order chi connectivity index (χ1) is 12.7. The molecule has 4 atom stereocenters. The van der Waals surface area contributed by atoms with Gasteiger partial charge in [0.15, 0.2) is 18.4 Å². The summed E-state index contributed by atoms with van der Waals surface area (Å²) in [5.74, 6) is -2.36. The van der Waals surface area contributed by atoms with Crippen molar-refractivity contribution in [2.75, 3.05) is 6.61 Å². The van der Waals surface area contributed by atoms with Crippen LogP contribution in [0.25, 0.3) is 0 Å². The maximum atomic E-state index is 11.6. The molecule has 0 aromatic rings. The van der Waals surface area contributed by atoms with Gasteiger partial charge in [0.05, 0.1) is 0 Å². The lowest BCUT2D eigenvalue weighted by molar-refractivity contribution is -0.166. The Morgan fingerprint density at radius 1 is 1.11 bits per heavy atom. The molecule has 27 heavy (non-hydrogen) atoms. The maximum absolute atomic E-state index is 11.6. The first-order valence-corrected chi connectivity index (χ1v) is 8.27. The van der Waals surface area contributed by atoms with E-state index in [1.165, 1.54) is 31.9 Å². The minimum Gasteiger partial charge on any atom is -0.463 e. The van der Waals surface area contributed by atoms with E-state index < -0.39 is 48.4 Å². The van der Waals surface area contributed by atoms with Gasteiger partial charge in [-0.15, -0.1) is 0 Å². The molecule has 2 aliphatic rings. The number of carbonyl (C=O) groups excluding carboxylic acids is 4. The summed E-state index contributed by atoms with van der Waals surface area (Å²) in [4.78, 5) is 47.2. The van der Waals surface area contributed by atoms with Crippen molar-refractivity contribution < 1.29 is 38.1 Å². The van der Waals surface area contributed by atoms with Gasteiger partial charge in [0, 0.05) is 38.7 Å². The molecule has 0 unspecified atom stereocenters. The third kappa shape index (κ3) is 5.30. The Bertz CT molecular complexity index is 686. The van der Waals surface area contributed by atoms with Crippen LogP contribution in [0.1, 0.15) is 27.2 Å². The second kappa shape index (κ2) is 8.67. The summed E-state index contributed by atoms with van der Waals surface area (Å²) < 4.78 is 21.4. The minimum absolute atomic E-state index is 0.203. The van der Waals surface area contributed by atoms with Crippen LogP contribution in [0.15, 0.2) is 24.0 Å². The molecule has 0 spiro atoms. The van der Waals surface area contributed by atoms with Crippen LogP contribution in [0.4, 0.5) is 0 Å². The van der Waals surface area contributed by atoms with Crippen molar-refractivity contribution in [2.24, 2.45) is 5.73 Å². The van der Waals surface area contributed by atoms with E-state index in [0.717, 1.165) is 0 Å². The van der Waals surface area contributed by atoms with Crippen LogP contribution < -0.4 is 5.73 Å². The fourth-order valence-corrected chi connectivity index (χ4v) is 2.83. The number of carbonyl (C=O) groups is 4. The molecule has 2 heterocycles. The quantitative estimate of drug-likeness (QED) is 0.486. The molecule has 0 aliphatic carbocycles. The van der Waals surface area contributed by atoms with Gasteiger partial charge in [0.2, 0.25) is 5.91 Å². The number of nitrogens with two attached hydrogens (primary N) is 1.